The van der Waals surface area contributed by atoms with Crippen molar-refractivity contribution >= 4 is 104 Å². The van der Waals surface area contributed by atoms with E-state index in [2.05, 4.69) is 106 Å². The van der Waals surface area contributed by atoms with Crippen molar-refractivity contribution in [3.05, 3.63) is 198 Å². The summed E-state index contributed by atoms with van der Waals surface area (Å²) in [6.07, 6.45) is 0. The number of halogens is 4. The van der Waals surface area contributed by atoms with Crippen LogP contribution < -0.4 is 20.9 Å². The summed E-state index contributed by atoms with van der Waals surface area (Å²) in [4.78, 5) is 51.3. The first-order valence-electron chi connectivity index (χ1n) is 26.2. The average Bonchev–Trinajstić information content (AvgIpc) is 1.66. The van der Waals surface area contributed by atoms with Crippen molar-refractivity contribution in [3.63, 3.8) is 0 Å². The van der Waals surface area contributed by atoms with Crippen LogP contribution in [0.1, 0.15) is 70.6 Å². The maximum Gasteiger partial charge on any atom is 0.320 e. The number of amides is 1. The van der Waals surface area contributed by atoms with Gasteiger partial charge in [-0.1, -0.05) is 110 Å². The monoisotopic (exact) mass is 1240 g/mol. The fourth-order valence-corrected chi connectivity index (χ4v) is 8.51. The number of anilines is 6. The summed E-state index contributed by atoms with van der Waals surface area (Å²) >= 11 is 22.8. The quantitative estimate of drug-likeness (QED) is 0.0344. The molecule has 22 nitrogen and oxygen atoms in total. The molecule has 0 aliphatic carbocycles. The molecular formula is C60H60Cl4N16O6. The molecule has 0 saturated carbocycles. The first-order chi connectivity index (χ1) is 41.0. The number of nitrogens with two attached hydrogens (primary N) is 1. The molecule has 1 amide bonds. The van der Waals surface area contributed by atoms with Crippen molar-refractivity contribution in [1.29, 1.82) is 0 Å². The summed E-state index contributed by atoms with van der Waals surface area (Å²) in [5, 5.41) is 43.6. The molecule has 0 saturated heterocycles. The van der Waals surface area contributed by atoms with Gasteiger partial charge in [0, 0.05) is 65.2 Å². The Morgan fingerprint density at radius 1 is 0.674 bits per heavy atom. The number of aliphatic carboxylic acids is 2. The Hall–Kier alpha value is -9.42. The highest BCUT2D eigenvalue weighted by molar-refractivity contribution is 6.64. The molecule has 5 atom stereocenters. The van der Waals surface area contributed by atoms with Gasteiger partial charge in [-0.05, 0) is 175 Å². The van der Waals surface area contributed by atoms with Gasteiger partial charge < -0.3 is 26.2 Å². The molecule has 2 aliphatic heterocycles. The summed E-state index contributed by atoms with van der Waals surface area (Å²) < 4.78 is 3.73. The zero-order chi connectivity index (χ0) is 63.2. The van der Waals surface area contributed by atoms with Gasteiger partial charge in [-0.25, -0.2) is 9.36 Å². The Bertz CT molecular complexity index is 3760. The molecule has 86 heavy (non-hydrogen) atoms. The minimum Gasteiger partial charge on any atom is -0.481 e. The topological polar surface area (TPSA) is 312 Å². The third-order valence-corrected chi connectivity index (χ3v) is 13.5. The number of rotatable bonds is 9. The molecule has 0 radical (unpaired) electrons. The lowest BCUT2D eigenvalue weighted by Crippen LogP contribution is -2.31. The van der Waals surface area contributed by atoms with Gasteiger partial charge in [0.25, 0.3) is 5.91 Å². The summed E-state index contributed by atoms with van der Waals surface area (Å²) in [5.41, 5.74) is 33.0. The van der Waals surface area contributed by atoms with Crippen molar-refractivity contribution in [2.45, 2.75) is 85.6 Å². The van der Waals surface area contributed by atoms with Crippen LogP contribution >= 0.6 is 46.4 Å². The average molecular weight is 1240 g/mol. The van der Waals surface area contributed by atoms with Crippen LogP contribution in [0.4, 0.5) is 34.1 Å². The minimum atomic E-state index is -1.11. The van der Waals surface area contributed by atoms with Gasteiger partial charge in [-0.3, -0.25) is 24.1 Å². The van der Waals surface area contributed by atoms with Gasteiger partial charge >= 0.3 is 11.9 Å². The second-order valence-corrected chi connectivity index (χ2v) is 20.5. The number of carboxylic acids is 2. The number of carbonyl (C=O) groups excluding carboxylic acids is 2. The van der Waals surface area contributed by atoms with E-state index in [0.717, 1.165) is 84.5 Å². The van der Waals surface area contributed by atoms with Crippen LogP contribution in [0.15, 0.2) is 156 Å². The van der Waals surface area contributed by atoms with E-state index in [0.29, 0.717) is 5.02 Å². The number of benzene rings is 6. The van der Waals surface area contributed by atoms with E-state index < -0.39 is 41.3 Å². The third-order valence-electron chi connectivity index (χ3n) is 12.4. The Morgan fingerprint density at radius 3 is 1.62 bits per heavy atom. The van der Waals surface area contributed by atoms with Crippen LogP contribution in [0.3, 0.4) is 0 Å². The van der Waals surface area contributed by atoms with Gasteiger partial charge in [0.2, 0.25) is 5.24 Å². The standard InChI is InChI=1S/C18H15ClN4O.C18H17ClN4.C15H12ClN.C3H4ClN3O.C3H5N3O2.C3H7NO2/c1-11-17-15-5-3-4-6-16(15)22(14-9-7-13(19)8-10-14)18(24)12(2)23(17)21-20-11;1-12-11-22(15-9-7-14(19)8-10-15)17-6-4-3-5-16(17)18-13(2)20-21-23(12)18;1-2-5-12-6-3-4-7-15(12)17-14-10-8-13(16)9-11-14;1-2(3(4)8)6-7-5;1-2(3(7)8)5-6-4;1-2(4)3(5)6/h3-10,12H,1-2H3;3-10,12H,11H2,1-2H3;3-4,6-11,17H,1H3;2H,1H3;2H,1H3,(H,7,8);2H,4H2,1H3,(H,5,6)/t2*12-;;3*2-/m00.000/s1. The van der Waals surface area contributed by atoms with Crippen LogP contribution in [0.5, 0.6) is 0 Å². The SMILES string of the molecule is CC#Cc1ccccc1Nc1ccc(Cl)cc1.C[C@H](N)C(=O)O.C[C@H](N=[N+]=[N-])C(=O)Cl.C[C@H](N=[N+]=[N-])C(=O)O.Cc1nnn2c1-c1ccccc1N(c1ccc(Cl)cc1)C(=O)[C@@H]2C.Cc1nnn2c1-c1ccccc1N(c1ccc(Cl)cc1)C[C@@H]2C. The van der Waals surface area contributed by atoms with E-state index >= 15 is 0 Å². The lowest BCUT2D eigenvalue weighted by Gasteiger charge is -2.26. The van der Waals surface area contributed by atoms with E-state index in [-0.39, 0.29) is 11.9 Å². The van der Waals surface area contributed by atoms with Gasteiger partial charge in [0.1, 0.15) is 24.2 Å². The predicted octanol–water partition coefficient (Wildman–Crippen LogP) is 14.9. The molecule has 0 fully saturated rings. The number of nitrogens with zero attached hydrogens (tertiary/aromatic N) is 14. The van der Waals surface area contributed by atoms with Crippen LogP contribution in [-0.4, -0.2) is 88.0 Å². The number of fused-ring (bicyclic) bond motifs is 6. The van der Waals surface area contributed by atoms with E-state index in [1.165, 1.54) is 26.5 Å². The lowest BCUT2D eigenvalue weighted by atomic mass is 10.1. The van der Waals surface area contributed by atoms with E-state index in [1.54, 1.807) is 21.7 Å². The second-order valence-electron chi connectivity index (χ2n) is 18.8. The van der Waals surface area contributed by atoms with Crippen LogP contribution in [0.2, 0.25) is 15.1 Å². The molecule has 10 rings (SSSR count). The van der Waals surface area contributed by atoms with Crippen molar-refractivity contribution in [1.82, 2.24) is 30.0 Å². The van der Waals surface area contributed by atoms with Crippen LogP contribution in [-0.2, 0) is 19.2 Å². The second kappa shape index (κ2) is 32.6. The van der Waals surface area contributed by atoms with Crippen molar-refractivity contribution in [2.24, 2.45) is 16.0 Å². The molecule has 2 aromatic heterocycles. The Kier molecular flexibility index (Phi) is 25.5. The summed E-state index contributed by atoms with van der Waals surface area (Å²) in [6, 6.07) is 44.4. The van der Waals surface area contributed by atoms with Crippen LogP contribution in [0, 0.1) is 25.7 Å². The first-order valence-corrected chi connectivity index (χ1v) is 27.7. The molecule has 8 aromatic rings. The maximum absolute atomic E-state index is 13.2. The van der Waals surface area contributed by atoms with Gasteiger partial charge in [-0.15, -0.1) is 16.1 Å². The summed E-state index contributed by atoms with van der Waals surface area (Å²) in [7, 11) is 0. The molecule has 0 bridgehead atoms. The smallest absolute Gasteiger partial charge is 0.320 e. The van der Waals surface area contributed by atoms with E-state index in [1.807, 2.05) is 129 Å². The van der Waals surface area contributed by atoms with Crippen molar-refractivity contribution in [2.75, 3.05) is 21.7 Å². The first kappa shape index (κ1) is 67.4. The third kappa shape index (κ3) is 18.3. The molecule has 4 heterocycles. The Balaban J connectivity index is 0.000000203. The number of carboxylic acid groups (broad SMARTS) is 2. The molecule has 6 aromatic carbocycles. The Morgan fingerprint density at radius 2 is 1.13 bits per heavy atom. The molecule has 5 N–H and O–H groups in total. The fraction of sp³-hybridized carbons (Fsp3) is 0.233. The number of aryl methyl sites for hydroxylation is 2. The molecule has 444 valence electrons. The number of azide groups is 2. The number of hydrogen-bond acceptors (Lipinski definition) is 13. The molecule has 0 unspecified atom stereocenters. The summed E-state index contributed by atoms with van der Waals surface area (Å²) in [6.45, 7) is 14.7. The van der Waals surface area contributed by atoms with Crippen LogP contribution in [0.25, 0.3) is 43.4 Å². The molecule has 0 spiro atoms. The molecule has 26 heteroatoms. The highest BCUT2D eigenvalue weighted by Gasteiger charge is 2.34. The van der Waals surface area contributed by atoms with Crippen molar-refractivity contribution < 1.29 is 29.4 Å². The highest BCUT2D eigenvalue weighted by Crippen LogP contribution is 2.43. The fourth-order valence-electron chi connectivity index (χ4n) is 8.09. The van der Waals surface area contributed by atoms with Gasteiger partial charge in [0.15, 0.2) is 0 Å². The number of para-hydroxylation sites is 3. The molecular weight excluding hydrogens is 1180 g/mol. The maximum atomic E-state index is 13.2. The minimum absolute atomic E-state index is 0.0616. The number of aromatic nitrogens is 6. The number of hydrogen-bond donors (Lipinski definition) is 4. The Labute approximate surface area is 516 Å². The van der Waals surface area contributed by atoms with Gasteiger partial charge in [0.05, 0.1) is 45.9 Å². The van der Waals surface area contributed by atoms with E-state index in [9.17, 15) is 19.2 Å². The van der Waals surface area contributed by atoms with Crippen molar-refractivity contribution in [3.8, 4) is 34.4 Å². The predicted molar refractivity (Wildman–Crippen MR) is 338 cm³/mol. The zero-order valence-corrected chi connectivity index (χ0v) is 50.9. The molecule has 2 aliphatic rings. The zero-order valence-electron chi connectivity index (χ0n) is 47.8. The number of nitrogens with one attached hydrogen (secondary N) is 1. The largest absolute Gasteiger partial charge is 0.481 e. The number of carbonyl (C=O) groups is 4. The highest BCUT2D eigenvalue weighted by atomic mass is 35.5. The summed E-state index contributed by atoms with van der Waals surface area (Å²) in [5.74, 6) is 3.84. The lowest BCUT2D eigenvalue weighted by molar-refractivity contribution is -0.139. The van der Waals surface area contributed by atoms with E-state index in [4.69, 9.17) is 73.4 Å². The normalized spacial score (nSPS) is 14.0. The van der Waals surface area contributed by atoms with Gasteiger partial charge in [-0.2, -0.15) is 0 Å².